The molecule has 0 fully saturated rings. The molecule has 1 atom stereocenters. The summed E-state index contributed by atoms with van der Waals surface area (Å²) in [5, 5.41) is 10.4. The lowest BCUT2D eigenvalue weighted by Crippen LogP contribution is -2.05. The van der Waals surface area contributed by atoms with Crippen LogP contribution in [-0.2, 0) is 4.79 Å². The zero-order valence-corrected chi connectivity index (χ0v) is 14.8. The van der Waals surface area contributed by atoms with Gasteiger partial charge in [-0.15, -0.1) is 0 Å². The quantitative estimate of drug-likeness (QED) is 0.528. The fourth-order valence-electron chi connectivity index (χ4n) is 3.62. The van der Waals surface area contributed by atoms with Gasteiger partial charge in [-0.3, -0.25) is 4.79 Å². The first-order valence-electron chi connectivity index (χ1n) is 9.02. The van der Waals surface area contributed by atoms with E-state index in [2.05, 4.69) is 40.0 Å². The minimum atomic E-state index is -0.774. The van der Waals surface area contributed by atoms with Crippen molar-refractivity contribution in [1.29, 1.82) is 0 Å². The summed E-state index contributed by atoms with van der Waals surface area (Å²) in [7, 11) is 0. The number of rotatable bonds is 6. The maximum absolute atomic E-state index is 11.2. The fraction of sp³-hybridized carbons (Fsp3) is 0.130. The Labute approximate surface area is 157 Å². The number of carboxylic acid groups (broad SMARTS) is 1. The second kappa shape index (κ2) is 7.46. The molecule has 2 heterocycles. The van der Waals surface area contributed by atoms with E-state index in [1.165, 1.54) is 0 Å². The molecule has 0 amide bonds. The summed E-state index contributed by atoms with van der Waals surface area (Å²) in [6.07, 6.45) is 4.56. The second-order valence-corrected chi connectivity index (χ2v) is 6.56. The molecular formula is C23H20N2O2. The average molecular weight is 356 g/mol. The number of pyridine rings is 1. The Morgan fingerprint density at radius 2 is 1.70 bits per heavy atom. The third kappa shape index (κ3) is 3.47. The lowest BCUT2D eigenvalue weighted by molar-refractivity contribution is -0.137. The van der Waals surface area contributed by atoms with E-state index in [0.29, 0.717) is 6.42 Å². The predicted octanol–water partition coefficient (Wildman–Crippen LogP) is 5.02. The van der Waals surface area contributed by atoms with Crippen LogP contribution in [0.4, 0.5) is 0 Å². The highest BCUT2D eigenvalue weighted by Crippen LogP contribution is 2.36. The van der Waals surface area contributed by atoms with Gasteiger partial charge in [-0.25, -0.2) is 4.98 Å². The first-order valence-corrected chi connectivity index (χ1v) is 9.02. The summed E-state index contributed by atoms with van der Waals surface area (Å²) in [5.41, 5.74) is 3.33. The van der Waals surface area contributed by atoms with Crippen LogP contribution in [0.1, 0.15) is 29.9 Å². The van der Waals surface area contributed by atoms with Gasteiger partial charge in [0.1, 0.15) is 5.82 Å². The van der Waals surface area contributed by atoms with Gasteiger partial charge in [-0.2, -0.15) is 0 Å². The first kappa shape index (κ1) is 17.0. The monoisotopic (exact) mass is 356 g/mol. The molecule has 2 aromatic heterocycles. The molecule has 0 aliphatic rings. The zero-order chi connectivity index (χ0) is 18.6. The third-order valence-electron chi connectivity index (χ3n) is 4.86. The molecule has 134 valence electrons. The standard InChI is InChI=1S/C23H20N2O2/c26-23(27)14-13-18(17-8-2-1-3-9-17)20-16-25(22-12-6-7-15-24-22)21-11-5-4-10-19(20)21/h1-12,15-16,18H,13-14H2,(H,26,27). The van der Waals surface area contributed by atoms with Gasteiger partial charge in [0.25, 0.3) is 0 Å². The van der Waals surface area contributed by atoms with Crippen LogP contribution in [0.2, 0.25) is 0 Å². The van der Waals surface area contributed by atoms with Gasteiger partial charge < -0.3 is 9.67 Å². The Hall–Kier alpha value is -3.40. The smallest absolute Gasteiger partial charge is 0.303 e. The van der Waals surface area contributed by atoms with Crippen LogP contribution in [-0.4, -0.2) is 20.6 Å². The van der Waals surface area contributed by atoms with Gasteiger partial charge in [-0.1, -0.05) is 54.6 Å². The number of carbonyl (C=O) groups is 1. The number of fused-ring (bicyclic) bond motifs is 1. The average Bonchev–Trinajstić information content (AvgIpc) is 3.09. The number of aliphatic carboxylic acids is 1. The molecule has 4 rings (SSSR count). The van der Waals surface area contributed by atoms with Crippen molar-refractivity contribution in [2.24, 2.45) is 0 Å². The lowest BCUT2D eigenvalue weighted by atomic mass is 9.87. The molecular weight excluding hydrogens is 336 g/mol. The van der Waals surface area contributed by atoms with Crippen molar-refractivity contribution in [2.75, 3.05) is 0 Å². The maximum atomic E-state index is 11.2. The molecule has 1 N–H and O–H groups in total. The van der Waals surface area contributed by atoms with E-state index in [9.17, 15) is 9.90 Å². The van der Waals surface area contributed by atoms with E-state index in [1.54, 1.807) is 6.20 Å². The molecule has 0 aliphatic heterocycles. The van der Waals surface area contributed by atoms with E-state index in [-0.39, 0.29) is 12.3 Å². The number of para-hydroxylation sites is 1. The highest BCUT2D eigenvalue weighted by molar-refractivity contribution is 5.86. The Bertz CT molecular complexity index is 1060. The van der Waals surface area contributed by atoms with Crippen LogP contribution in [0.5, 0.6) is 0 Å². The van der Waals surface area contributed by atoms with Crippen LogP contribution >= 0.6 is 0 Å². The van der Waals surface area contributed by atoms with E-state index in [4.69, 9.17) is 0 Å². The van der Waals surface area contributed by atoms with Crippen LogP contribution in [0.15, 0.2) is 85.2 Å². The predicted molar refractivity (Wildman–Crippen MR) is 106 cm³/mol. The highest BCUT2D eigenvalue weighted by Gasteiger charge is 2.21. The minimum absolute atomic E-state index is 0.0113. The number of hydrogen-bond donors (Lipinski definition) is 1. The van der Waals surface area contributed by atoms with E-state index < -0.39 is 5.97 Å². The maximum Gasteiger partial charge on any atom is 0.303 e. The van der Waals surface area contributed by atoms with Crippen molar-refractivity contribution in [3.05, 3.63) is 96.3 Å². The van der Waals surface area contributed by atoms with Crippen molar-refractivity contribution in [2.45, 2.75) is 18.8 Å². The number of aromatic nitrogens is 2. The summed E-state index contributed by atoms with van der Waals surface area (Å²) in [6, 6.07) is 24.2. The Morgan fingerprint density at radius 1 is 0.963 bits per heavy atom. The summed E-state index contributed by atoms with van der Waals surface area (Å²) in [5.74, 6) is 0.0894. The molecule has 0 saturated carbocycles. The van der Waals surface area contributed by atoms with Crippen molar-refractivity contribution in [1.82, 2.24) is 9.55 Å². The third-order valence-corrected chi connectivity index (χ3v) is 4.86. The van der Waals surface area contributed by atoms with Crippen LogP contribution in [0.3, 0.4) is 0 Å². The van der Waals surface area contributed by atoms with Crippen LogP contribution < -0.4 is 0 Å². The molecule has 4 heteroatoms. The molecule has 0 radical (unpaired) electrons. The molecule has 1 unspecified atom stereocenters. The topological polar surface area (TPSA) is 55.1 Å². The molecule has 0 aliphatic carbocycles. The Balaban J connectivity index is 1.88. The minimum Gasteiger partial charge on any atom is -0.481 e. The first-order chi connectivity index (χ1) is 13.2. The molecule has 2 aromatic carbocycles. The lowest BCUT2D eigenvalue weighted by Gasteiger charge is -2.16. The van der Waals surface area contributed by atoms with Gasteiger partial charge in [0.15, 0.2) is 0 Å². The summed E-state index contributed by atoms with van der Waals surface area (Å²) in [6.45, 7) is 0. The van der Waals surface area contributed by atoms with E-state index in [0.717, 1.165) is 27.8 Å². The molecule has 4 aromatic rings. The van der Waals surface area contributed by atoms with Gasteiger partial charge >= 0.3 is 5.97 Å². The molecule has 0 spiro atoms. The largest absolute Gasteiger partial charge is 0.481 e. The van der Waals surface area contributed by atoms with Gasteiger partial charge in [-0.05, 0) is 35.7 Å². The Morgan fingerprint density at radius 3 is 2.44 bits per heavy atom. The Kier molecular flexibility index (Phi) is 4.71. The molecule has 0 bridgehead atoms. The van der Waals surface area contributed by atoms with Crippen molar-refractivity contribution in [3.63, 3.8) is 0 Å². The normalized spacial score (nSPS) is 12.1. The van der Waals surface area contributed by atoms with Crippen molar-refractivity contribution < 1.29 is 9.90 Å². The summed E-state index contributed by atoms with van der Waals surface area (Å²) < 4.78 is 2.08. The number of benzene rings is 2. The number of carboxylic acids is 1. The highest BCUT2D eigenvalue weighted by atomic mass is 16.4. The SMILES string of the molecule is O=C(O)CCC(c1ccccc1)c1cn(-c2ccccn2)c2ccccc12. The van der Waals surface area contributed by atoms with Crippen LogP contribution in [0.25, 0.3) is 16.7 Å². The zero-order valence-electron chi connectivity index (χ0n) is 14.8. The van der Waals surface area contributed by atoms with Crippen molar-refractivity contribution in [3.8, 4) is 5.82 Å². The van der Waals surface area contributed by atoms with Crippen LogP contribution in [0, 0.1) is 0 Å². The van der Waals surface area contributed by atoms with Gasteiger partial charge in [0, 0.05) is 30.1 Å². The summed E-state index contributed by atoms with van der Waals surface area (Å²) >= 11 is 0. The fourth-order valence-corrected chi connectivity index (χ4v) is 3.62. The van der Waals surface area contributed by atoms with E-state index in [1.807, 2.05) is 48.5 Å². The number of nitrogens with zero attached hydrogens (tertiary/aromatic N) is 2. The molecule has 4 nitrogen and oxygen atoms in total. The summed E-state index contributed by atoms with van der Waals surface area (Å²) in [4.78, 5) is 15.7. The number of hydrogen-bond acceptors (Lipinski definition) is 2. The second-order valence-electron chi connectivity index (χ2n) is 6.56. The van der Waals surface area contributed by atoms with E-state index >= 15 is 0 Å². The molecule has 27 heavy (non-hydrogen) atoms. The van der Waals surface area contributed by atoms with Gasteiger partial charge in [0.2, 0.25) is 0 Å². The van der Waals surface area contributed by atoms with Crippen molar-refractivity contribution >= 4 is 16.9 Å². The van der Waals surface area contributed by atoms with Gasteiger partial charge in [0.05, 0.1) is 5.52 Å². The molecule has 0 saturated heterocycles.